The summed E-state index contributed by atoms with van der Waals surface area (Å²) in [4.78, 5) is 2.46. The van der Waals surface area contributed by atoms with Gasteiger partial charge in [0.05, 0.1) is 18.8 Å². The molecule has 3 N–H and O–H groups in total. The third kappa shape index (κ3) is 6.50. The first kappa shape index (κ1) is 26.1. The summed E-state index contributed by atoms with van der Waals surface area (Å²) in [7, 11) is 0. The topological polar surface area (TPSA) is 68.0 Å². The van der Waals surface area contributed by atoms with Gasteiger partial charge < -0.3 is 20.3 Å². The molecule has 0 aromatic heterocycles. The van der Waals surface area contributed by atoms with Crippen molar-refractivity contribution in [3.05, 3.63) is 137 Å². The minimum Gasteiger partial charge on any atom is -0.399 e. The predicted molar refractivity (Wildman–Crippen MR) is 151 cm³/mol. The maximum Gasteiger partial charge on any atom is 0.185 e. The van der Waals surface area contributed by atoms with Crippen LogP contribution in [0.5, 0.6) is 0 Å². The van der Waals surface area contributed by atoms with Crippen LogP contribution in [0.15, 0.2) is 109 Å². The predicted octanol–water partition coefficient (Wildman–Crippen LogP) is 6.25. The standard InChI is InChI=1S/C33H36N2O3/c1-24-31(22-35(20-25-9-4-2-5-10-25)21-26-11-6-3-7-12-26)37-33(29-13-8-14-30(34)19-29)38-32(24)28-17-15-27(23-36)16-18-28/h2-19,24,31-33,36H,20-23,34H2,1H3/t24-,31+,32+,33+/m1/s1. The van der Waals surface area contributed by atoms with E-state index in [2.05, 4.69) is 84.6 Å². The molecule has 4 aromatic carbocycles. The Balaban J connectivity index is 1.44. The maximum absolute atomic E-state index is 9.52. The van der Waals surface area contributed by atoms with Crippen LogP contribution < -0.4 is 5.73 Å². The molecule has 5 nitrogen and oxygen atoms in total. The maximum atomic E-state index is 9.52. The van der Waals surface area contributed by atoms with Crippen LogP contribution >= 0.6 is 0 Å². The van der Waals surface area contributed by atoms with Gasteiger partial charge in [0.1, 0.15) is 0 Å². The van der Waals surface area contributed by atoms with Crippen LogP contribution in [0.3, 0.4) is 0 Å². The number of rotatable bonds is 9. The largest absolute Gasteiger partial charge is 0.399 e. The van der Waals surface area contributed by atoms with Crippen molar-refractivity contribution in [1.29, 1.82) is 0 Å². The third-order valence-electron chi connectivity index (χ3n) is 7.24. The zero-order valence-corrected chi connectivity index (χ0v) is 21.8. The van der Waals surface area contributed by atoms with Gasteiger partial charge in [-0.1, -0.05) is 104 Å². The molecule has 1 heterocycles. The van der Waals surface area contributed by atoms with Gasteiger partial charge in [0.15, 0.2) is 6.29 Å². The highest BCUT2D eigenvalue weighted by Crippen LogP contribution is 2.42. The molecule has 0 aliphatic carbocycles. The minimum atomic E-state index is -0.530. The summed E-state index contributed by atoms with van der Waals surface area (Å²) < 4.78 is 13.3. The Morgan fingerprint density at radius 3 is 1.92 bits per heavy atom. The summed E-state index contributed by atoms with van der Waals surface area (Å²) in [5.41, 5.74) is 12.2. The number of aliphatic hydroxyl groups excluding tert-OH is 1. The lowest BCUT2D eigenvalue weighted by molar-refractivity contribution is -0.276. The monoisotopic (exact) mass is 508 g/mol. The average molecular weight is 509 g/mol. The van der Waals surface area contributed by atoms with Crippen molar-refractivity contribution in [1.82, 2.24) is 4.90 Å². The number of hydrogen-bond donors (Lipinski definition) is 2. The van der Waals surface area contributed by atoms with Gasteiger partial charge in [-0.2, -0.15) is 0 Å². The molecule has 1 aliphatic heterocycles. The van der Waals surface area contributed by atoms with Gasteiger partial charge in [0, 0.05) is 36.8 Å². The fourth-order valence-electron chi connectivity index (χ4n) is 5.16. The van der Waals surface area contributed by atoms with E-state index in [0.717, 1.165) is 36.3 Å². The molecule has 0 spiro atoms. The second kappa shape index (κ2) is 12.4. The summed E-state index contributed by atoms with van der Waals surface area (Å²) in [6.07, 6.45) is -0.772. The average Bonchev–Trinajstić information content (AvgIpc) is 2.95. The number of aliphatic hydroxyl groups is 1. The number of nitrogens with zero attached hydrogens (tertiary/aromatic N) is 1. The van der Waals surface area contributed by atoms with E-state index in [1.54, 1.807) is 0 Å². The van der Waals surface area contributed by atoms with Gasteiger partial charge in [-0.25, -0.2) is 0 Å². The van der Waals surface area contributed by atoms with Crippen LogP contribution in [0.25, 0.3) is 0 Å². The third-order valence-corrected chi connectivity index (χ3v) is 7.24. The summed E-state index contributed by atoms with van der Waals surface area (Å²) in [5, 5.41) is 9.52. The quantitative estimate of drug-likeness (QED) is 0.261. The van der Waals surface area contributed by atoms with Gasteiger partial charge in [0.2, 0.25) is 0 Å². The molecule has 0 bridgehead atoms. The Hall–Kier alpha value is -3.48. The van der Waals surface area contributed by atoms with Crippen LogP contribution in [0.2, 0.25) is 0 Å². The number of nitrogen functional groups attached to an aromatic ring is 1. The van der Waals surface area contributed by atoms with Gasteiger partial charge in [-0.3, -0.25) is 4.90 Å². The lowest BCUT2D eigenvalue weighted by Crippen LogP contribution is -2.44. The van der Waals surface area contributed by atoms with E-state index in [0.29, 0.717) is 5.69 Å². The first-order valence-electron chi connectivity index (χ1n) is 13.3. The Bertz CT molecular complexity index is 1240. The Morgan fingerprint density at radius 1 is 0.711 bits per heavy atom. The SMILES string of the molecule is C[C@@H]1[C@H](CN(Cc2ccccc2)Cc2ccccc2)O[C@H](c2cccc(N)c2)O[C@@H]1c1ccc(CO)cc1. The first-order chi connectivity index (χ1) is 18.6. The van der Waals surface area contributed by atoms with Crippen molar-refractivity contribution < 1.29 is 14.6 Å². The van der Waals surface area contributed by atoms with Gasteiger partial charge in [-0.15, -0.1) is 0 Å². The normalized spacial score (nSPS) is 21.4. The molecule has 0 radical (unpaired) electrons. The lowest BCUT2D eigenvalue weighted by atomic mass is 9.89. The molecule has 1 saturated heterocycles. The summed E-state index contributed by atoms with van der Waals surface area (Å²) in [6.45, 7) is 4.61. The number of nitrogens with two attached hydrogens (primary N) is 1. The summed E-state index contributed by atoms with van der Waals surface area (Å²) in [5.74, 6) is 0.0985. The molecule has 1 aliphatic rings. The molecule has 0 amide bonds. The van der Waals surface area contributed by atoms with E-state index in [4.69, 9.17) is 15.2 Å². The van der Waals surface area contributed by atoms with E-state index in [1.165, 1.54) is 11.1 Å². The number of hydrogen-bond acceptors (Lipinski definition) is 5. The van der Waals surface area contributed by atoms with Crippen LogP contribution in [-0.2, 0) is 29.2 Å². The fraction of sp³-hybridized carbons (Fsp3) is 0.273. The van der Waals surface area contributed by atoms with Crippen molar-refractivity contribution in [2.24, 2.45) is 5.92 Å². The zero-order valence-electron chi connectivity index (χ0n) is 21.8. The highest BCUT2D eigenvalue weighted by atomic mass is 16.7. The first-order valence-corrected chi connectivity index (χ1v) is 13.3. The lowest BCUT2D eigenvalue weighted by Gasteiger charge is -2.43. The van der Waals surface area contributed by atoms with E-state index in [-0.39, 0.29) is 24.7 Å². The molecule has 5 rings (SSSR count). The Kier molecular flexibility index (Phi) is 8.51. The second-order valence-electron chi connectivity index (χ2n) is 10.1. The zero-order chi connectivity index (χ0) is 26.3. The molecule has 38 heavy (non-hydrogen) atoms. The van der Waals surface area contributed by atoms with Crippen molar-refractivity contribution in [2.45, 2.75) is 45.1 Å². The van der Waals surface area contributed by atoms with Gasteiger partial charge >= 0.3 is 0 Å². The van der Waals surface area contributed by atoms with Crippen LogP contribution in [0.1, 0.15) is 47.1 Å². The van der Waals surface area contributed by atoms with Crippen molar-refractivity contribution in [2.75, 3.05) is 12.3 Å². The highest BCUT2D eigenvalue weighted by Gasteiger charge is 2.39. The molecule has 1 fully saturated rings. The molecule has 4 aromatic rings. The molecule has 5 heteroatoms. The van der Waals surface area contributed by atoms with Crippen molar-refractivity contribution in [3.63, 3.8) is 0 Å². The van der Waals surface area contributed by atoms with E-state index in [9.17, 15) is 5.11 Å². The van der Waals surface area contributed by atoms with E-state index < -0.39 is 6.29 Å². The molecular formula is C33H36N2O3. The Morgan fingerprint density at radius 2 is 1.34 bits per heavy atom. The van der Waals surface area contributed by atoms with Crippen molar-refractivity contribution in [3.8, 4) is 0 Å². The van der Waals surface area contributed by atoms with Gasteiger partial charge in [-0.05, 0) is 34.4 Å². The smallest absolute Gasteiger partial charge is 0.185 e. The molecule has 4 atom stereocenters. The van der Waals surface area contributed by atoms with Crippen LogP contribution in [0.4, 0.5) is 5.69 Å². The molecule has 0 saturated carbocycles. The molecule has 0 unspecified atom stereocenters. The van der Waals surface area contributed by atoms with Crippen LogP contribution in [0, 0.1) is 5.92 Å². The fourth-order valence-corrected chi connectivity index (χ4v) is 5.16. The van der Waals surface area contributed by atoms with E-state index in [1.807, 2.05) is 36.4 Å². The van der Waals surface area contributed by atoms with Crippen LogP contribution in [-0.4, -0.2) is 22.7 Å². The second-order valence-corrected chi connectivity index (χ2v) is 10.1. The number of ether oxygens (including phenoxy) is 2. The van der Waals surface area contributed by atoms with Crippen molar-refractivity contribution >= 4 is 5.69 Å². The molecule has 196 valence electrons. The summed E-state index contributed by atoms with van der Waals surface area (Å²) in [6, 6.07) is 36.9. The molecular weight excluding hydrogens is 472 g/mol. The number of benzene rings is 4. The highest BCUT2D eigenvalue weighted by molar-refractivity contribution is 5.41. The van der Waals surface area contributed by atoms with Gasteiger partial charge in [0.25, 0.3) is 0 Å². The van der Waals surface area contributed by atoms with E-state index >= 15 is 0 Å². The minimum absolute atomic E-state index is 0.0208. The number of anilines is 1. The summed E-state index contributed by atoms with van der Waals surface area (Å²) >= 11 is 0. The Labute approximate surface area is 225 Å².